The van der Waals surface area contributed by atoms with Crippen LogP contribution < -0.4 is 15.1 Å². The number of amides is 1. The number of hydrogen-bond donors (Lipinski definition) is 3. The first kappa shape index (κ1) is 27.7. The van der Waals surface area contributed by atoms with Crippen LogP contribution in [0.5, 0.6) is 0 Å². The molecule has 3 aromatic rings. The third kappa shape index (κ3) is 7.40. The maximum atomic E-state index is 12.4. The number of aliphatic carboxylic acids is 1. The smallest absolute Gasteiger partial charge is 0.308 e. The van der Waals surface area contributed by atoms with E-state index in [1.54, 1.807) is 6.08 Å². The van der Waals surface area contributed by atoms with Crippen molar-refractivity contribution >= 4 is 35.3 Å². The van der Waals surface area contributed by atoms with Crippen molar-refractivity contribution in [3.8, 4) is 0 Å². The van der Waals surface area contributed by atoms with E-state index in [1.165, 1.54) is 6.08 Å². The van der Waals surface area contributed by atoms with Gasteiger partial charge in [0.2, 0.25) is 5.91 Å². The van der Waals surface area contributed by atoms with Gasteiger partial charge in [0.15, 0.2) is 0 Å². The van der Waals surface area contributed by atoms with Crippen LogP contribution in [0, 0.1) is 0 Å². The van der Waals surface area contributed by atoms with E-state index in [0.29, 0.717) is 61.4 Å². The van der Waals surface area contributed by atoms with Gasteiger partial charge in [-0.3, -0.25) is 9.59 Å². The van der Waals surface area contributed by atoms with Crippen LogP contribution in [0.4, 0.5) is 17.3 Å². The normalized spacial score (nSPS) is 13.5. The number of benzene rings is 2. The number of carbonyl (C=O) groups excluding carboxylic acids is 1. The molecule has 0 spiro atoms. The molecule has 0 aliphatic carbocycles. The Hall–Kier alpha value is -4.28. The summed E-state index contributed by atoms with van der Waals surface area (Å²) in [7, 11) is 3.68. The highest BCUT2D eigenvalue weighted by molar-refractivity contribution is 6.02. The van der Waals surface area contributed by atoms with Crippen molar-refractivity contribution in [1.82, 2.24) is 9.97 Å². The topological polar surface area (TPSA) is 128 Å². The molecule has 0 radical (unpaired) electrons. The summed E-state index contributed by atoms with van der Waals surface area (Å²) in [4.78, 5) is 37.4. The highest BCUT2D eigenvalue weighted by Gasteiger charge is 2.24. The average molecular weight is 532 g/mol. The zero-order valence-electron chi connectivity index (χ0n) is 22.1. The Morgan fingerprint density at radius 1 is 1.08 bits per heavy atom. The fourth-order valence-corrected chi connectivity index (χ4v) is 4.38. The number of anilines is 3. The number of aliphatic hydroxyl groups is 1. The summed E-state index contributed by atoms with van der Waals surface area (Å²) in [6.07, 6.45) is 3.38. The molecule has 10 nitrogen and oxygen atoms in total. The Balaban J connectivity index is 1.50. The van der Waals surface area contributed by atoms with Crippen molar-refractivity contribution < 1.29 is 24.5 Å². The molecule has 2 aromatic carbocycles. The summed E-state index contributed by atoms with van der Waals surface area (Å²) in [6, 6.07) is 14.8. The van der Waals surface area contributed by atoms with Gasteiger partial charge in [-0.2, -0.15) is 0 Å². The first-order valence-electron chi connectivity index (χ1n) is 12.7. The van der Waals surface area contributed by atoms with E-state index in [2.05, 4.69) is 10.2 Å². The van der Waals surface area contributed by atoms with Crippen LogP contribution in [0.3, 0.4) is 0 Å². The Labute approximate surface area is 227 Å². The van der Waals surface area contributed by atoms with E-state index in [-0.39, 0.29) is 18.9 Å². The second-order valence-electron chi connectivity index (χ2n) is 9.38. The molecule has 204 valence electrons. The zero-order valence-corrected chi connectivity index (χ0v) is 22.1. The van der Waals surface area contributed by atoms with Gasteiger partial charge in [0.25, 0.3) is 0 Å². The monoisotopic (exact) mass is 531 g/mol. The molecule has 1 aliphatic heterocycles. The van der Waals surface area contributed by atoms with E-state index in [1.807, 2.05) is 67.5 Å². The number of nitrogens with one attached hydrogen (secondary N) is 1. The number of ether oxygens (including phenoxy) is 1. The van der Waals surface area contributed by atoms with Crippen molar-refractivity contribution in [2.24, 2.45) is 0 Å². The van der Waals surface area contributed by atoms with Crippen molar-refractivity contribution in [2.75, 3.05) is 55.5 Å². The highest BCUT2D eigenvalue weighted by Crippen LogP contribution is 2.28. The molecule has 1 aromatic heterocycles. The summed E-state index contributed by atoms with van der Waals surface area (Å²) in [5, 5.41) is 21.8. The first-order chi connectivity index (χ1) is 18.8. The predicted octanol–water partition coefficient (Wildman–Crippen LogP) is 2.74. The van der Waals surface area contributed by atoms with E-state index < -0.39 is 5.97 Å². The maximum Gasteiger partial charge on any atom is 0.308 e. The quantitative estimate of drug-likeness (QED) is 0.338. The lowest BCUT2D eigenvalue weighted by Crippen LogP contribution is -2.38. The van der Waals surface area contributed by atoms with Gasteiger partial charge in [-0.1, -0.05) is 36.4 Å². The molecule has 1 fully saturated rings. The van der Waals surface area contributed by atoms with E-state index in [4.69, 9.17) is 14.7 Å². The van der Waals surface area contributed by atoms with Crippen LogP contribution >= 0.6 is 0 Å². The molecule has 39 heavy (non-hydrogen) atoms. The van der Waals surface area contributed by atoms with Gasteiger partial charge in [-0.15, -0.1) is 0 Å². The summed E-state index contributed by atoms with van der Waals surface area (Å²) >= 11 is 0. The third-order valence-corrected chi connectivity index (χ3v) is 6.30. The van der Waals surface area contributed by atoms with Gasteiger partial charge in [0.1, 0.15) is 17.5 Å². The summed E-state index contributed by atoms with van der Waals surface area (Å²) in [6.45, 7) is 2.27. The minimum absolute atomic E-state index is 0.0976. The number of hydrogen-bond acceptors (Lipinski definition) is 8. The van der Waals surface area contributed by atoms with Crippen LogP contribution in [0.15, 0.2) is 54.6 Å². The standard InChI is InChI=1S/C29H33N5O5/c1-33(2)28-24(18-27(37)38)29(34-13-15-39-16-14-34)32-25(31-28)17-20-7-10-23(11-8-20)30-26(36)12-9-21-5-3-4-6-22(21)19-35/h3-12,35H,13-19H2,1-2H3,(H,30,36)(H,37,38)/b12-9+. The molecule has 0 bridgehead atoms. The van der Waals surface area contributed by atoms with Crippen molar-refractivity contribution in [3.05, 3.63) is 82.7 Å². The Morgan fingerprint density at radius 2 is 1.79 bits per heavy atom. The number of nitrogens with zero attached hydrogens (tertiary/aromatic N) is 4. The number of aliphatic hydroxyl groups excluding tert-OH is 1. The Morgan fingerprint density at radius 3 is 2.46 bits per heavy atom. The van der Waals surface area contributed by atoms with Crippen LogP contribution in [0.1, 0.15) is 28.1 Å². The second-order valence-corrected chi connectivity index (χ2v) is 9.38. The number of rotatable bonds is 10. The van der Waals surface area contributed by atoms with Crippen molar-refractivity contribution in [3.63, 3.8) is 0 Å². The van der Waals surface area contributed by atoms with Gasteiger partial charge < -0.3 is 30.1 Å². The molecule has 1 amide bonds. The van der Waals surface area contributed by atoms with Crippen LogP contribution in [0.2, 0.25) is 0 Å². The molecule has 0 saturated carbocycles. The Kier molecular flexibility index (Phi) is 9.24. The van der Waals surface area contributed by atoms with Gasteiger partial charge in [-0.25, -0.2) is 9.97 Å². The van der Waals surface area contributed by atoms with E-state index in [0.717, 1.165) is 16.7 Å². The summed E-state index contributed by atoms with van der Waals surface area (Å²) in [5.41, 5.74) is 3.71. The van der Waals surface area contributed by atoms with Gasteiger partial charge in [0, 0.05) is 50.9 Å². The molecule has 0 atom stereocenters. The molecule has 0 unspecified atom stereocenters. The second kappa shape index (κ2) is 13.0. The minimum atomic E-state index is -0.936. The van der Waals surface area contributed by atoms with Crippen LogP contribution in [-0.4, -0.2) is 72.5 Å². The lowest BCUT2D eigenvalue weighted by atomic mass is 10.1. The third-order valence-electron chi connectivity index (χ3n) is 6.30. The molecule has 3 N–H and O–H groups in total. The minimum Gasteiger partial charge on any atom is -0.481 e. The van der Waals surface area contributed by atoms with E-state index in [9.17, 15) is 19.8 Å². The number of aromatic nitrogens is 2. The molecular formula is C29H33N5O5. The molecule has 4 rings (SSSR count). The Bertz CT molecular complexity index is 1330. The van der Waals surface area contributed by atoms with Gasteiger partial charge >= 0.3 is 5.97 Å². The van der Waals surface area contributed by atoms with Crippen LogP contribution in [0.25, 0.3) is 6.08 Å². The zero-order chi connectivity index (χ0) is 27.8. The first-order valence-corrected chi connectivity index (χ1v) is 12.7. The fourth-order valence-electron chi connectivity index (χ4n) is 4.38. The average Bonchev–Trinajstić information content (AvgIpc) is 2.93. The van der Waals surface area contributed by atoms with Gasteiger partial charge in [-0.05, 0) is 34.9 Å². The number of carboxylic acid groups (broad SMARTS) is 1. The number of carbonyl (C=O) groups is 2. The molecule has 1 aliphatic rings. The van der Waals surface area contributed by atoms with Gasteiger partial charge in [0.05, 0.1) is 26.2 Å². The SMILES string of the molecule is CN(C)c1nc(Cc2ccc(NC(=O)/C=C/c3ccccc3CO)cc2)nc(N2CCOCC2)c1CC(=O)O. The molecular weight excluding hydrogens is 498 g/mol. The maximum absolute atomic E-state index is 12.4. The fraction of sp³-hybridized carbons (Fsp3) is 0.310. The van der Waals surface area contributed by atoms with Crippen molar-refractivity contribution in [2.45, 2.75) is 19.4 Å². The highest BCUT2D eigenvalue weighted by atomic mass is 16.5. The lowest BCUT2D eigenvalue weighted by Gasteiger charge is -2.31. The number of carboxylic acids is 1. The molecule has 10 heteroatoms. The predicted molar refractivity (Wildman–Crippen MR) is 150 cm³/mol. The van der Waals surface area contributed by atoms with E-state index >= 15 is 0 Å². The number of morpholine rings is 1. The van der Waals surface area contributed by atoms with Crippen LogP contribution in [-0.2, 0) is 33.8 Å². The summed E-state index contributed by atoms with van der Waals surface area (Å²) < 4.78 is 5.48. The lowest BCUT2D eigenvalue weighted by molar-refractivity contribution is -0.136. The largest absolute Gasteiger partial charge is 0.481 e. The molecule has 2 heterocycles. The van der Waals surface area contributed by atoms with Crippen molar-refractivity contribution in [1.29, 1.82) is 0 Å². The molecule has 1 saturated heterocycles. The summed E-state index contributed by atoms with van der Waals surface area (Å²) in [5.74, 6) is 0.583.